The summed E-state index contributed by atoms with van der Waals surface area (Å²) in [6.45, 7) is 0. The lowest BCUT2D eigenvalue weighted by atomic mass is 10.2. The van der Waals surface area contributed by atoms with Gasteiger partial charge in [0.1, 0.15) is 0 Å². The predicted octanol–water partition coefficient (Wildman–Crippen LogP) is 2.88. The molecule has 1 aromatic rings. The summed E-state index contributed by atoms with van der Waals surface area (Å²) in [5.41, 5.74) is 1.41. The average Bonchev–Trinajstić information content (AvgIpc) is 2.06. The van der Waals surface area contributed by atoms with Crippen LogP contribution in [0, 0.1) is 0 Å². The molecule has 0 amide bonds. The normalized spacial score (nSPS) is 10.0. The maximum Gasteiger partial charge on any atom is 0.0101 e. The van der Waals surface area contributed by atoms with Crippen LogP contribution in [0.15, 0.2) is 29.2 Å². The first-order valence-electron chi connectivity index (χ1n) is 3.61. The fourth-order valence-corrected chi connectivity index (χ4v) is 1.92. The van der Waals surface area contributed by atoms with Crippen molar-refractivity contribution in [3.8, 4) is 0 Å². The third-order valence-electron chi connectivity index (χ3n) is 1.57. The predicted molar refractivity (Wildman–Crippen MR) is 55.8 cm³/mol. The van der Waals surface area contributed by atoms with E-state index in [4.69, 9.17) is 0 Å². The van der Waals surface area contributed by atoms with E-state index in [1.807, 2.05) is 0 Å². The molecule has 0 fully saturated rings. The molecule has 0 N–H and O–H groups in total. The molecule has 60 valence electrons. The second kappa shape index (κ2) is 4.73. The number of benzene rings is 1. The maximum absolute atomic E-state index is 4.21. The Kier molecular flexibility index (Phi) is 3.87. The Hall–Kier alpha value is -0.0800. The molecule has 0 aliphatic carbocycles. The molecule has 0 saturated carbocycles. The van der Waals surface area contributed by atoms with E-state index in [1.165, 1.54) is 10.5 Å². The molecule has 11 heavy (non-hydrogen) atoms. The third-order valence-corrected chi connectivity index (χ3v) is 2.64. The van der Waals surface area contributed by atoms with Gasteiger partial charge in [0.15, 0.2) is 0 Å². The van der Waals surface area contributed by atoms with Gasteiger partial charge in [-0.05, 0) is 30.1 Å². The zero-order valence-corrected chi connectivity index (χ0v) is 8.29. The zero-order valence-electron chi connectivity index (χ0n) is 6.58. The fourth-order valence-electron chi connectivity index (χ4n) is 1.03. The molecule has 0 nitrogen and oxygen atoms in total. The van der Waals surface area contributed by atoms with E-state index in [0.717, 1.165) is 12.2 Å². The van der Waals surface area contributed by atoms with Crippen LogP contribution in [0.5, 0.6) is 0 Å². The van der Waals surface area contributed by atoms with Gasteiger partial charge in [-0.3, -0.25) is 0 Å². The maximum atomic E-state index is 4.21. The highest BCUT2D eigenvalue weighted by atomic mass is 32.2. The Morgan fingerprint density at radius 2 is 2.09 bits per heavy atom. The van der Waals surface area contributed by atoms with E-state index in [0.29, 0.717) is 0 Å². The van der Waals surface area contributed by atoms with Crippen molar-refractivity contribution in [1.29, 1.82) is 0 Å². The lowest BCUT2D eigenvalue weighted by Crippen LogP contribution is -1.88. The number of thioether (sulfide) groups is 1. The van der Waals surface area contributed by atoms with Crippen molar-refractivity contribution in [3.63, 3.8) is 0 Å². The van der Waals surface area contributed by atoms with E-state index < -0.39 is 0 Å². The second-order valence-electron chi connectivity index (χ2n) is 2.29. The molecule has 0 radical (unpaired) electrons. The van der Waals surface area contributed by atoms with Crippen LogP contribution in [0.1, 0.15) is 5.56 Å². The second-order valence-corrected chi connectivity index (χ2v) is 3.58. The van der Waals surface area contributed by atoms with E-state index in [-0.39, 0.29) is 0 Å². The van der Waals surface area contributed by atoms with Gasteiger partial charge >= 0.3 is 0 Å². The van der Waals surface area contributed by atoms with Gasteiger partial charge in [0.25, 0.3) is 0 Å². The molecule has 0 aliphatic heterocycles. The summed E-state index contributed by atoms with van der Waals surface area (Å²) in [4.78, 5) is 1.38. The smallest absolute Gasteiger partial charge is 0.0101 e. The van der Waals surface area contributed by atoms with Crippen molar-refractivity contribution in [1.82, 2.24) is 0 Å². The Labute approximate surface area is 77.8 Å². The van der Waals surface area contributed by atoms with Crippen molar-refractivity contribution >= 4 is 24.4 Å². The van der Waals surface area contributed by atoms with E-state index in [9.17, 15) is 0 Å². The van der Waals surface area contributed by atoms with Crippen LogP contribution in [0.3, 0.4) is 0 Å². The van der Waals surface area contributed by atoms with Crippen LogP contribution in [0.25, 0.3) is 0 Å². The fraction of sp³-hybridized carbons (Fsp3) is 0.333. The third kappa shape index (κ3) is 2.46. The Balaban J connectivity index is 2.83. The van der Waals surface area contributed by atoms with Crippen LogP contribution in [-0.4, -0.2) is 12.0 Å². The van der Waals surface area contributed by atoms with Crippen LogP contribution >= 0.6 is 24.4 Å². The van der Waals surface area contributed by atoms with Crippen LogP contribution in [0.4, 0.5) is 0 Å². The molecule has 0 aliphatic rings. The van der Waals surface area contributed by atoms with Crippen LogP contribution in [0.2, 0.25) is 0 Å². The average molecular weight is 184 g/mol. The molecule has 0 heterocycles. The summed E-state index contributed by atoms with van der Waals surface area (Å²) < 4.78 is 0. The van der Waals surface area contributed by atoms with E-state index >= 15 is 0 Å². The number of thiol groups is 1. The van der Waals surface area contributed by atoms with Crippen molar-refractivity contribution in [2.75, 3.05) is 12.0 Å². The summed E-state index contributed by atoms with van der Waals surface area (Å²) in [6, 6.07) is 8.48. The van der Waals surface area contributed by atoms with Gasteiger partial charge in [-0.2, -0.15) is 12.6 Å². The van der Waals surface area contributed by atoms with E-state index in [1.54, 1.807) is 11.8 Å². The summed E-state index contributed by atoms with van der Waals surface area (Å²) in [5.74, 6) is 0.928. The molecule has 1 rings (SSSR count). The van der Waals surface area contributed by atoms with E-state index in [2.05, 4.69) is 43.2 Å². The van der Waals surface area contributed by atoms with Crippen LogP contribution < -0.4 is 0 Å². The van der Waals surface area contributed by atoms with Gasteiger partial charge < -0.3 is 0 Å². The number of rotatable bonds is 3. The minimum atomic E-state index is 0.928. The van der Waals surface area contributed by atoms with Gasteiger partial charge in [0, 0.05) is 4.90 Å². The minimum absolute atomic E-state index is 0.928. The Bertz CT molecular complexity index is 221. The summed E-state index contributed by atoms with van der Waals surface area (Å²) in [5, 5.41) is 0. The monoisotopic (exact) mass is 184 g/mol. The quantitative estimate of drug-likeness (QED) is 0.557. The lowest BCUT2D eigenvalue weighted by molar-refractivity contribution is 1.10. The highest BCUT2D eigenvalue weighted by Crippen LogP contribution is 2.20. The molecule has 2 heteroatoms. The summed E-state index contributed by atoms with van der Waals surface area (Å²) in [7, 11) is 0. The molecule has 0 saturated heterocycles. The minimum Gasteiger partial charge on any atom is -0.179 e. The molecule has 0 bridgehead atoms. The molecular formula is C9H12S2. The topological polar surface area (TPSA) is 0 Å². The first kappa shape index (κ1) is 9.01. The van der Waals surface area contributed by atoms with Crippen molar-refractivity contribution in [3.05, 3.63) is 29.8 Å². The van der Waals surface area contributed by atoms with Gasteiger partial charge in [-0.25, -0.2) is 0 Å². The molecule has 0 spiro atoms. The van der Waals surface area contributed by atoms with Gasteiger partial charge in [0.2, 0.25) is 0 Å². The summed E-state index contributed by atoms with van der Waals surface area (Å²) in [6.07, 6.45) is 3.18. The largest absolute Gasteiger partial charge is 0.179 e. The number of hydrogen-bond donors (Lipinski definition) is 1. The van der Waals surface area contributed by atoms with Gasteiger partial charge in [0.05, 0.1) is 0 Å². The van der Waals surface area contributed by atoms with Gasteiger partial charge in [-0.1, -0.05) is 18.2 Å². The molecule has 0 atom stereocenters. The zero-order chi connectivity index (χ0) is 8.10. The first-order chi connectivity index (χ1) is 5.38. The lowest BCUT2D eigenvalue weighted by Gasteiger charge is -2.03. The SMILES string of the molecule is CSc1ccccc1CCS. The molecule has 0 unspecified atom stereocenters. The molecule has 0 aromatic heterocycles. The standard InChI is InChI=1S/C9H12S2/c1-11-9-5-3-2-4-8(9)6-7-10/h2-5,10H,6-7H2,1H3. The Morgan fingerprint density at radius 3 is 2.73 bits per heavy atom. The highest BCUT2D eigenvalue weighted by Gasteiger charge is 1.97. The number of aryl methyl sites for hydroxylation is 1. The number of hydrogen-bond acceptors (Lipinski definition) is 2. The van der Waals surface area contributed by atoms with Gasteiger partial charge in [-0.15, -0.1) is 11.8 Å². The summed E-state index contributed by atoms with van der Waals surface area (Å²) >= 11 is 6.01. The van der Waals surface area contributed by atoms with Crippen molar-refractivity contribution in [2.24, 2.45) is 0 Å². The molecular weight excluding hydrogens is 172 g/mol. The van der Waals surface area contributed by atoms with Crippen LogP contribution in [-0.2, 0) is 6.42 Å². The van der Waals surface area contributed by atoms with Crippen molar-refractivity contribution in [2.45, 2.75) is 11.3 Å². The Morgan fingerprint density at radius 1 is 1.36 bits per heavy atom. The highest BCUT2D eigenvalue weighted by molar-refractivity contribution is 7.98. The first-order valence-corrected chi connectivity index (χ1v) is 5.47. The van der Waals surface area contributed by atoms with Crippen molar-refractivity contribution < 1.29 is 0 Å². The molecule has 1 aromatic carbocycles.